The van der Waals surface area contributed by atoms with Gasteiger partial charge in [-0.15, -0.1) is 0 Å². The van der Waals surface area contributed by atoms with Gasteiger partial charge in [0.15, 0.2) is 0 Å². The Hall–Kier alpha value is -2.57. The molecule has 7 nitrogen and oxygen atoms in total. The molecule has 2 rings (SSSR count). The number of carboxylic acids is 2. The molecular weight excluding hydrogens is 276 g/mol. The Kier molecular flexibility index (Phi) is 4.42. The largest absolute Gasteiger partial charge is 0.478 e. The maximum Gasteiger partial charge on any atom is 0.335 e. The van der Waals surface area contributed by atoms with Crippen molar-refractivity contribution in [3.8, 4) is 0 Å². The van der Waals surface area contributed by atoms with E-state index in [4.69, 9.17) is 10.2 Å². The van der Waals surface area contributed by atoms with Crippen LogP contribution in [0.1, 0.15) is 40.0 Å². The Morgan fingerprint density at radius 1 is 0.905 bits per heavy atom. The second-order valence-corrected chi connectivity index (χ2v) is 4.89. The lowest BCUT2D eigenvalue weighted by Gasteiger charge is -2.26. The molecule has 112 valence electrons. The third kappa shape index (κ3) is 3.71. The van der Waals surface area contributed by atoms with Gasteiger partial charge >= 0.3 is 18.0 Å². The summed E-state index contributed by atoms with van der Waals surface area (Å²) < 4.78 is 0. The van der Waals surface area contributed by atoms with Gasteiger partial charge < -0.3 is 20.4 Å². The van der Waals surface area contributed by atoms with Crippen LogP contribution < -0.4 is 5.32 Å². The van der Waals surface area contributed by atoms with E-state index in [1.54, 1.807) is 4.90 Å². The molecule has 1 heterocycles. The van der Waals surface area contributed by atoms with Crippen LogP contribution >= 0.6 is 0 Å². The van der Waals surface area contributed by atoms with Crippen LogP contribution in [0.4, 0.5) is 10.5 Å². The minimum atomic E-state index is -1.24. The van der Waals surface area contributed by atoms with E-state index in [1.165, 1.54) is 12.1 Å². The van der Waals surface area contributed by atoms with Crippen LogP contribution in [0.15, 0.2) is 18.2 Å². The lowest BCUT2D eigenvalue weighted by Crippen LogP contribution is -2.38. The minimum absolute atomic E-state index is 0.169. The number of nitrogens with one attached hydrogen (secondary N) is 1. The lowest BCUT2D eigenvalue weighted by atomic mass is 10.1. The van der Waals surface area contributed by atoms with Gasteiger partial charge in [0.1, 0.15) is 0 Å². The molecule has 0 aromatic heterocycles. The second kappa shape index (κ2) is 6.25. The summed E-state index contributed by atoms with van der Waals surface area (Å²) in [6.07, 6.45) is 2.95. The van der Waals surface area contributed by atoms with Gasteiger partial charge in [-0.05, 0) is 37.5 Å². The van der Waals surface area contributed by atoms with Crippen LogP contribution in [0, 0.1) is 0 Å². The number of hydrogen-bond donors (Lipinski definition) is 3. The standard InChI is InChI=1S/C14H16N2O5/c17-12(18)9-6-10(13(19)20)8-11(7-9)15-14(21)16-4-2-1-3-5-16/h6-8H,1-5H2,(H,15,21)(H,17,18)(H,19,20). The van der Waals surface area contributed by atoms with E-state index in [1.807, 2.05) is 0 Å². The Balaban J connectivity index is 2.20. The average molecular weight is 292 g/mol. The lowest BCUT2D eigenvalue weighted by molar-refractivity contribution is 0.0696. The SMILES string of the molecule is O=C(O)c1cc(NC(=O)N2CCCCC2)cc(C(=O)O)c1. The Morgan fingerprint density at radius 3 is 1.90 bits per heavy atom. The number of likely N-dealkylation sites (tertiary alicyclic amines) is 1. The van der Waals surface area contributed by atoms with Crippen molar-refractivity contribution in [2.24, 2.45) is 0 Å². The molecule has 7 heteroatoms. The quantitative estimate of drug-likeness (QED) is 0.790. The third-order valence-corrected chi connectivity index (χ3v) is 3.32. The van der Waals surface area contributed by atoms with Gasteiger partial charge in [-0.1, -0.05) is 0 Å². The highest BCUT2D eigenvalue weighted by molar-refractivity contribution is 5.98. The first kappa shape index (κ1) is 14.8. The number of anilines is 1. The van der Waals surface area contributed by atoms with Crippen LogP contribution in [0.2, 0.25) is 0 Å². The maximum atomic E-state index is 12.0. The van der Waals surface area contributed by atoms with Crippen LogP contribution in [-0.2, 0) is 0 Å². The van der Waals surface area contributed by atoms with E-state index in [-0.39, 0.29) is 22.8 Å². The molecule has 1 fully saturated rings. The number of carbonyl (C=O) groups excluding carboxylic acids is 1. The summed E-state index contributed by atoms with van der Waals surface area (Å²) in [4.78, 5) is 35.7. The minimum Gasteiger partial charge on any atom is -0.478 e. The predicted octanol–water partition coefficient (Wildman–Crippen LogP) is 2.10. The summed E-state index contributed by atoms with van der Waals surface area (Å²) in [5, 5.41) is 20.5. The van der Waals surface area contributed by atoms with Crippen LogP contribution in [0.3, 0.4) is 0 Å². The zero-order valence-electron chi connectivity index (χ0n) is 11.3. The van der Waals surface area contributed by atoms with Gasteiger partial charge in [0, 0.05) is 18.8 Å². The molecule has 0 radical (unpaired) electrons. The number of urea groups is 1. The Bertz CT molecular complexity index is 546. The van der Waals surface area contributed by atoms with Crippen molar-refractivity contribution in [3.05, 3.63) is 29.3 Å². The molecule has 1 aromatic rings. The van der Waals surface area contributed by atoms with Crippen molar-refractivity contribution >= 4 is 23.7 Å². The van der Waals surface area contributed by atoms with Crippen LogP contribution in [0.5, 0.6) is 0 Å². The molecule has 0 spiro atoms. The first-order chi connectivity index (χ1) is 9.97. The van der Waals surface area contributed by atoms with E-state index in [0.29, 0.717) is 13.1 Å². The molecule has 3 N–H and O–H groups in total. The van der Waals surface area contributed by atoms with E-state index < -0.39 is 11.9 Å². The molecular formula is C14H16N2O5. The van der Waals surface area contributed by atoms with Gasteiger partial charge in [0.25, 0.3) is 0 Å². The smallest absolute Gasteiger partial charge is 0.335 e. The van der Waals surface area contributed by atoms with Crippen molar-refractivity contribution in [2.45, 2.75) is 19.3 Å². The Labute approximate surface area is 121 Å². The molecule has 21 heavy (non-hydrogen) atoms. The van der Waals surface area contributed by atoms with E-state index in [0.717, 1.165) is 25.3 Å². The van der Waals surface area contributed by atoms with E-state index in [2.05, 4.69) is 5.32 Å². The topological polar surface area (TPSA) is 107 Å². The fraction of sp³-hybridized carbons (Fsp3) is 0.357. The molecule has 0 atom stereocenters. The summed E-state index contributed by atoms with van der Waals surface area (Å²) >= 11 is 0. The van der Waals surface area contributed by atoms with Gasteiger partial charge in [-0.2, -0.15) is 0 Å². The summed E-state index contributed by atoms with van der Waals surface area (Å²) in [6, 6.07) is 3.21. The number of carboxylic acid groups (broad SMARTS) is 2. The number of aromatic carboxylic acids is 2. The molecule has 2 amide bonds. The fourth-order valence-electron chi connectivity index (χ4n) is 2.25. The Morgan fingerprint density at radius 2 is 1.43 bits per heavy atom. The zero-order valence-corrected chi connectivity index (χ0v) is 11.3. The highest BCUT2D eigenvalue weighted by Gasteiger charge is 2.18. The summed E-state index contributed by atoms with van der Waals surface area (Å²) in [5.41, 5.74) is -0.185. The highest BCUT2D eigenvalue weighted by Crippen LogP contribution is 2.17. The number of amides is 2. The molecule has 1 saturated heterocycles. The summed E-state index contributed by atoms with van der Waals surface area (Å²) in [5.74, 6) is -2.49. The number of piperidine rings is 1. The number of rotatable bonds is 3. The molecule has 1 aliphatic heterocycles. The number of hydrogen-bond acceptors (Lipinski definition) is 3. The summed E-state index contributed by atoms with van der Waals surface area (Å²) in [6.45, 7) is 1.30. The molecule has 1 aromatic carbocycles. The van der Waals surface area contributed by atoms with E-state index >= 15 is 0 Å². The molecule has 1 aliphatic rings. The maximum absolute atomic E-state index is 12.0. The third-order valence-electron chi connectivity index (χ3n) is 3.32. The molecule has 0 bridgehead atoms. The summed E-state index contributed by atoms with van der Waals surface area (Å²) in [7, 11) is 0. The zero-order chi connectivity index (χ0) is 15.4. The van der Waals surface area contributed by atoms with Crippen molar-refractivity contribution < 1.29 is 24.6 Å². The van der Waals surface area contributed by atoms with Gasteiger partial charge in [0.05, 0.1) is 11.1 Å². The van der Waals surface area contributed by atoms with Gasteiger partial charge in [-0.25, -0.2) is 14.4 Å². The molecule has 0 unspecified atom stereocenters. The predicted molar refractivity (Wildman–Crippen MR) is 74.8 cm³/mol. The van der Waals surface area contributed by atoms with Crippen LogP contribution in [-0.4, -0.2) is 46.2 Å². The van der Waals surface area contributed by atoms with Crippen molar-refractivity contribution in [2.75, 3.05) is 18.4 Å². The molecule has 0 aliphatic carbocycles. The highest BCUT2D eigenvalue weighted by atomic mass is 16.4. The average Bonchev–Trinajstić information content (AvgIpc) is 2.47. The van der Waals surface area contributed by atoms with Crippen molar-refractivity contribution in [1.82, 2.24) is 4.90 Å². The normalized spacial score (nSPS) is 14.6. The first-order valence-electron chi connectivity index (χ1n) is 6.65. The van der Waals surface area contributed by atoms with Gasteiger partial charge in [0.2, 0.25) is 0 Å². The number of nitrogens with zero attached hydrogens (tertiary/aromatic N) is 1. The van der Waals surface area contributed by atoms with E-state index in [9.17, 15) is 14.4 Å². The molecule has 0 saturated carbocycles. The first-order valence-corrected chi connectivity index (χ1v) is 6.65. The van der Waals surface area contributed by atoms with Crippen molar-refractivity contribution in [1.29, 1.82) is 0 Å². The van der Waals surface area contributed by atoms with Crippen molar-refractivity contribution in [3.63, 3.8) is 0 Å². The fourth-order valence-corrected chi connectivity index (χ4v) is 2.25. The second-order valence-electron chi connectivity index (χ2n) is 4.89. The monoisotopic (exact) mass is 292 g/mol. The number of carbonyl (C=O) groups is 3. The van der Waals surface area contributed by atoms with Crippen LogP contribution in [0.25, 0.3) is 0 Å². The number of benzene rings is 1. The van der Waals surface area contributed by atoms with Gasteiger partial charge in [-0.3, -0.25) is 0 Å².